The molecule has 0 saturated heterocycles. The van der Waals surface area contributed by atoms with Crippen LogP contribution < -0.4 is 5.32 Å². The highest BCUT2D eigenvalue weighted by Gasteiger charge is 2.32. The van der Waals surface area contributed by atoms with E-state index in [4.69, 9.17) is 0 Å². The molecular weight excluding hydrogens is 325 g/mol. The lowest BCUT2D eigenvalue weighted by Crippen LogP contribution is -2.47. The smallest absolute Gasteiger partial charge is 0.143 e. The van der Waals surface area contributed by atoms with Gasteiger partial charge in [0.2, 0.25) is 0 Å². The van der Waals surface area contributed by atoms with E-state index in [1.165, 1.54) is 0 Å². The Morgan fingerprint density at radius 3 is 2.29 bits per heavy atom. The van der Waals surface area contributed by atoms with E-state index in [-0.39, 0.29) is 6.04 Å². The highest BCUT2D eigenvalue weighted by atomic mass is 127. The van der Waals surface area contributed by atoms with Crippen molar-refractivity contribution in [1.82, 2.24) is 5.32 Å². The predicted molar refractivity (Wildman–Crippen MR) is 80.8 cm³/mol. The molecule has 2 N–H and O–H groups in total. The fraction of sp³-hybridized carbons (Fsp3) is 0.571. The molecule has 0 saturated carbocycles. The third-order valence-electron chi connectivity index (χ3n) is 2.55. The molecule has 2 nitrogen and oxygen atoms in total. The van der Waals surface area contributed by atoms with E-state index >= 15 is 0 Å². The van der Waals surface area contributed by atoms with Gasteiger partial charge in [0.15, 0.2) is 0 Å². The molecule has 17 heavy (non-hydrogen) atoms. The summed E-state index contributed by atoms with van der Waals surface area (Å²) in [7, 11) is 0. The molecule has 0 bridgehead atoms. The molecule has 0 aliphatic rings. The van der Waals surface area contributed by atoms with Crippen LogP contribution in [0.1, 0.15) is 39.7 Å². The van der Waals surface area contributed by atoms with E-state index < -0.39 is 5.72 Å². The Kier molecular flexibility index (Phi) is 5.41. The highest BCUT2D eigenvalue weighted by Crippen LogP contribution is 2.30. The largest absolute Gasteiger partial charge is 0.372 e. The van der Waals surface area contributed by atoms with Gasteiger partial charge in [-0.2, -0.15) is 0 Å². The molecule has 0 aliphatic heterocycles. The van der Waals surface area contributed by atoms with Gasteiger partial charge in [-0.25, -0.2) is 0 Å². The van der Waals surface area contributed by atoms with Gasteiger partial charge in [-0.1, -0.05) is 32.0 Å². The van der Waals surface area contributed by atoms with Gasteiger partial charge in [0.25, 0.3) is 0 Å². The second kappa shape index (κ2) is 6.16. The maximum Gasteiger partial charge on any atom is 0.143 e. The standard InChI is InChI=1S/C14H22INO/c1-10(2)9-14(17,16-11(3)4)12-7-5-6-8-13(12)15/h5-8,10-11,16-17H,9H2,1-4H3/t14-/m0/s1. The third-order valence-corrected chi connectivity index (χ3v) is 3.49. The first kappa shape index (κ1) is 14.9. The van der Waals surface area contributed by atoms with Crippen LogP contribution in [-0.4, -0.2) is 11.1 Å². The molecule has 0 aromatic heterocycles. The topological polar surface area (TPSA) is 32.3 Å². The van der Waals surface area contributed by atoms with E-state index in [0.29, 0.717) is 12.3 Å². The van der Waals surface area contributed by atoms with E-state index in [2.05, 4.69) is 55.6 Å². The summed E-state index contributed by atoms with van der Waals surface area (Å²) >= 11 is 2.28. The molecule has 1 atom stereocenters. The zero-order valence-corrected chi connectivity index (χ0v) is 13.2. The normalized spacial score (nSPS) is 15.3. The van der Waals surface area contributed by atoms with Gasteiger partial charge in [-0.15, -0.1) is 0 Å². The van der Waals surface area contributed by atoms with Crippen molar-refractivity contribution in [2.45, 2.75) is 45.9 Å². The minimum Gasteiger partial charge on any atom is -0.372 e. The summed E-state index contributed by atoms with van der Waals surface area (Å²) in [5.41, 5.74) is 0.0446. The molecule has 1 aromatic carbocycles. The van der Waals surface area contributed by atoms with Gasteiger partial charge in [-0.3, -0.25) is 5.32 Å². The average molecular weight is 347 g/mol. The van der Waals surface area contributed by atoms with Gasteiger partial charge < -0.3 is 5.11 Å². The Morgan fingerprint density at radius 1 is 1.24 bits per heavy atom. The van der Waals surface area contributed by atoms with E-state index in [9.17, 15) is 5.11 Å². The molecule has 0 amide bonds. The van der Waals surface area contributed by atoms with E-state index in [1.807, 2.05) is 24.3 Å². The third kappa shape index (κ3) is 4.23. The van der Waals surface area contributed by atoms with E-state index in [0.717, 1.165) is 9.13 Å². The Balaban J connectivity index is 3.09. The summed E-state index contributed by atoms with van der Waals surface area (Å²) in [4.78, 5) is 0. The molecule has 0 fully saturated rings. The zero-order chi connectivity index (χ0) is 13.1. The monoisotopic (exact) mass is 347 g/mol. The van der Waals surface area contributed by atoms with Gasteiger partial charge in [0, 0.05) is 15.2 Å². The lowest BCUT2D eigenvalue weighted by molar-refractivity contribution is -0.0271. The first-order chi connectivity index (χ1) is 7.85. The van der Waals surface area contributed by atoms with Crippen molar-refractivity contribution in [1.29, 1.82) is 0 Å². The SMILES string of the molecule is CC(C)C[C@@](O)(NC(C)C)c1ccccc1I. The summed E-state index contributed by atoms with van der Waals surface area (Å²) in [5, 5.41) is 14.2. The van der Waals surface area contributed by atoms with Crippen LogP contribution in [0.4, 0.5) is 0 Å². The maximum atomic E-state index is 10.9. The number of aliphatic hydroxyl groups is 1. The summed E-state index contributed by atoms with van der Waals surface area (Å²) < 4.78 is 1.10. The minimum absolute atomic E-state index is 0.245. The Hall–Kier alpha value is -0.130. The quantitative estimate of drug-likeness (QED) is 0.631. The van der Waals surface area contributed by atoms with Gasteiger partial charge in [0.05, 0.1) is 0 Å². The molecular formula is C14H22INO. The molecule has 0 heterocycles. The van der Waals surface area contributed by atoms with Crippen molar-refractivity contribution in [3.63, 3.8) is 0 Å². The predicted octanol–water partition coefficient (Wildman–Crippen LogP) is 3.48. The van der Waals surface area contributed by atoms with Crippen molar-refractivity contribution in [2.75, 3.05) is 0 Å². The van der Waals surface area contributed by atoms with Crippen LogP contribution >= 0.6 is 22.6 Å². The average Bonchev–Trinajstić information content (AvgIpc) is 2.15. The second-order valence-electron chi connectivity index (χ2n) is 5.24. The van der Waals surface area contributed by atoms with Crippen molar-refractivity contribution in [3.8, 4) is 0 Å². The molecule has 96 valence electrons. The van der Waals surface area contributed by atoms with Crippen LogP contribution in [0.25, 0.3) is 0 Å². The number of hydrogen-bond acceptors (Lipinski definition) is 2. The summed E-state index contributed by atoms with van der Waals surface area (Å²) in [6.45, 7) is 8.37. The number of nitrogens with one attached hydrogen (secondary N) is 1. The summed E-state index contributed by atoms with van der Waals surface area (Å²) in [6, 6.07) is 8.25. The van der Waals surface area contributed by atoms with Crippen LogP contribution in [0.2, 0.25) is 0 Å². The van der Waals surface area contributed by atoms with Crippen molar-refractivity contribution in [3.05, 3.63) is 33.4 Å². The number of halogens is 1. The molecule has 1 aromatic rings. The zero-order valence-electron chi connectivity index (χ0n) is 11.0. The lowest BCUT2D eigenvalue weighted by atomic mass is 9.92. The molecule has 3 heteroatoms. The van der Waals surface area contributed by atoms with Gasteiger partial charge in [0.1, 0.15) is 5.72 Å². The number of benzene rings is 1. The van der Waals surface area contributed by atoms with Crippen LogP contribution in [0.3, 0.4) is 0 Å². The molecule has 0 aliphatic carbocycles. The summed E-state index contributed by atoms with van der Waals surface area (Å²) in [6.07, 6.45) is 0.713. The van der Waals surface area contributed by atoms with Crippen molar-refractivity contribution in [2.24, 2.45) is 5.92 Å². The number of rotatable bonds is 5. The molecule has 0 spiro atoms. The molecule has 0 radical (unpaired) electrons. The van der Waals surface area contributed by atoms with Gasteiger partial charge in [-0.05, 0) is 54.8 Å². The van der Waals surface area contributed by atoms with Crippen LogP contribution in [0, 0.1) is 9.49 Å². The fourth-order valence-electron chi connectivity index (χ4n) is 2.11. The first-order valence-electron chi connectivity index (χ1n) is 6.10. The lowest BCUT2D eigenvalue weighted by Gasteiger charge is -2.34. The summed E-state index contributed by atoms with van der Waals surface area (Å²) in [5.74, 6) is 0.433. The van der Waals surface area contributed by atoms with Crippen LogP contribution in [0.15, 0.2) is 24.3 Å². The van der Waals surface area contributed by atoms with Crippen LogP contribution in [0.5, 0.6) is 0 Å². The van der Waals surface area contributed by atoms with Gasteiger partial charge >= 0.3 is 0 Å². The Morgan fingerprint density at radius 2 is 1.82 bits per heavy atom. The van der Waals surface area contributed by atoms with Crippen molar-refractivity contribution >= 4 is 22.6 Å². The second-order valence-corrected chi connectivity index (χ2v) is 6.40. The highest BCUT2D eigenvalue weighted by molar-refractivity contribution is 14.1. The van der Waals surface area contributed by atoms with E-state index in [1.54, 1.807) is 0 Å². The minimum atomic E-state index is -0.930. The Labute approximate surface area is 118 Å². The van der Waals surface area contributed by atoms with Crippen LogP contribution in [-0.2, 0) is 5.72 Å². The van der Waals surface area contributed by atoms with Crippen molar-refractivity contribution < 1.29 is 5.11 Å². The number of hydrogen-bond donors (Lipinski definition) is 2. The molecule has 1 rings (SSSR count). The molecule has 0 unspecified atom stereocenters. The first-order valence-corrected chi connectivity index (χ1v) is 7.18. The Bertz CT molecular complexity index is 353. The fourth-order valence-corrected chi connectivity index (χ4v) is 2.95. The maximum absolute atomic E-state index is 10.9.